The Balaban J connectivity index is 2.33. The summed E-state index contributed by atoms with van der Waals surface area (Å²) in [7, 11) is 0. The molecule has 1 saturated heterocycles. The number of hydrogen-bond acceptors (Lipinski definition) is 3. The van der Waals surface area contributed by atoms with Gasteiger partial charge in [-0.25, -0.2) is 4.98 Å². The Bertz CT molecular complexity index is 391. The largest absolute Gasteiger partial charge is 0.391 e. The molecular weight excluding hydrogens is 239 g/mol. The summed E-state index contributed by atoms with van der Waals surface area (Å²) in [6.07, 6.45) is -0.525. The first kappa shape index (κ1) is 10.7. The molecule has 0 radical (unpaired) electrons. The highest BCUT2D eigenvalue weighted by Crippen LogP contribution is 2.25. The van der Waals surface area contributed by atoms with Gasteiger partial charge in [-0.2, -0.15) is 0 Å². The van der Waals surface area contributed by atoms with E-state index in [1.165, 1.54) is 11.0 Å². The fourth-order valence-electron chi connectivity index (χ4n) is 1.50. The molecule has 80 valence electrons. The lowest BCUT2D eigenvalue weighted by molar-refractivity contribution is -0.117. The van der Waals surface area contributed by atoms with E-state index >= 15 is 0 Å². The lowest BCUT2D eigenvalue weighted by Gasteiger charge is -2.14. The highest BCUT2D eigenvalue weighted by Gasteiger charge is 2.30. The molecule has 1 amide bonds. The number of nitrogens with zero attached hydrogens (tertiary/aromatic N) is 2. The smallest absolute Gasteiger partial charge is 0.230 e. The minimum absolute atomic E-state index is 0.117. The van der Waals surface area contributed by atoms with Crippen molar-refractivity contribution in [3.8, 4) is 0 Å². The zero-order valence-electron chi connectivity index (χ0n) is 7.65. The summed E-state index contributed by atoms with van der Waals surface area (Å²) in [5.41, 5.74) is 0. The quantitative estimate of drug-likeness (QED) is 0.765. The van der Waals surface area contributed by atoms with Crippen LogP contribution in [0.3, 0.4) is 0 Å². The standard InChI is InChI=1S/C9H8Cl2N2O2/c10-5-1-7(11)12-8(2-5)13-4-6(14)3-9(13)15/h1-2,6,14H,3-4H2. The Morgan fingerprint density at radius 3 is 2.73 bits per heavy atom. The van der Waals surface area contributed by atoms with E-state index in [-0.39, 0.29) is 24.0 Å². The fourth-order valence-corrected chi connectivity index (χ4v) is 1.96. The van der Waals surface area contributed by atoms with Crippen molar-refractivity contribution >= 4 is 34.9 Å². The van der Waals surface area contributed by atoms with Crippen LogP contribution in [0.5, 0.6) is 0 Å². The van der Waals surface area contributed by atoms with Crippen molar-refractivity contribution in [3.05, 3.63) is 22.3 Å². The molecule has 0 saturated carbocycles. The van der Waals surface area contributed by atoms with Crippen LogP contribution in [0.25, 0.3) is 0 Å². The molecule has 0 aromatic carbocycles. The normalized spacial score (nSPS) is 21.1. The van der Waals surface area contributed by atoms with Crippen LogP contribution in [0.2, 0.25) is 10.2 Å². The number of β-amino-alcohol motifs (C(OH)–C–C–N with tert-alkyl or cyclic N) is 1. The Morgan fingerprint density at radius 1 is 1.47 bits per heavy atom. The molecule has 15 heavy (non-hydrogen) atoms. The minimum Gasteiger partial charge on any atom is -0.391 e. The Labute approximate surface area is 96.4 Å². The zero-order valence-corrected chi connectivity index (χ0v) is 9.16. The maximum Gasteiger partial charge on any atom is 0.230 e. The van der Waals surface area contributed by atoms with Crippen LogP contribution in [0, 0.1) is 0 Å². The van der Waals surface area contributed by atoms with Crippen LogP contribution < -0.4 is 4.90 Å². The number of anilines is 1. The molecule has 1 N–H and O–H groups in total. The number of rotatable bonds is 1. The monoisotopic (exact) mass is 246 g/mol. The molecule has 1 unspecified atom stereocenters. The van der Waals surface area contributed by atoms with Gasteiger partial charge in [0.1, 0.15) is 11.0 Å². The van der Waals surface area contributed by atoms with E-state index in [0.29, 0.717) is 10.8 Å². The molecule has 1 aromatic rings. The predicted molar refractivity (Wildman–Crippen MR) is 57.2 cm³/mol. The molecule has 1 fully saturated rings. The van der Waals surface area contributed by atoms with E-state index in [1.807, 2.05) is 0 Å². The van der Waals surface area contributed by atoms with Gasteiger partial charge in [-0.15, -0.1) is 0 Å². The predicted octanol–water partition coefficient (Wildman–Crippen LogP) is 1.49. The topological polar surface area (TPSA) is 53.4 Å². The minimum atomic E-state index is -0.642. The second-order valence-corrected chi connectivity index (χ2v) is 4.15. The second-order valence-electron chi connectivity index (χ2n) is 3.33. The number of carbonyl (C=O) groups is 1. The first-order chi connectivity index (χ1) is 7.06. The van der Waals surface area contributed by atoms with Crippen LogP contribution in [0.4, 0.5) is 5.82 Å². The molecule has 2 rings (SSSR count). The summed E-state index contributed by atoms with van der Waals surface area (Å²) in [4.78, 5) is 16.8. The summed E-state index contributed by atoms with van der Waals surface area (Å²) < 4.78 is 0. The average molecular weight is 247 g/mol. The van der Waals surface area contributed by atoms with Gasteiger partial charge in [0, 0.05) is 5.02 Å². The van der Waals surface area contributed by atoms with Gasteiger partial charge in [0.25, 0.3) is 0 Å². The summed E-state index contributed by atoms with van der Waals surface area (Å²) in [6, 6.07) is 3.03. The first-order valence-electron chi connectivity index (χ1n) is 4.38. The lowest BCUT2D eigenvalue weighted by atomic mass is 10.3. The zero-order chi connectivity index (χ0) is 11.0. The molecule has 1 aliphatic rings. The lowest BCUT2D eigenvalue weighted by Crippen LogP contribution is -2.26. The van der Waals surface area contributed by atoms with E-state index in [9.17, 15) is 9.90 Å². The van der Waals surface area contributed by atoms with Gasteiger partial charge in [0.2, 0.25) is 5.91 Å². The number of aromatic nitrogens is 1. The molecule has 1 atom stereocenters. The Kier molecular flexibility index (Phi) is 2.82. The maximum absolute atomic E-state index is 11.4. The number of aliphatic hydroxyl groups is 1. The molecular formula is C9H8Cl2N2O2. The Morgan fingerprint density at radius 2 is 2.20 bits per heavy atom. The molecule has 2 heterocycles. The molecule has 0 bridgehead atoms. The van der Waals surface area contributed by atoms with Gasteiger partial charge < -0.3 is 5.11 Å². The van der Waals surface area contributed by atoms with E-state index in [4.69, 9.17) is 23.2 Å². The number of hydrogen-bond donors (Lipinski definition) is 1. The SMILES string of the molecule is O=C1CC(O)CN1c1cc(Cl)cc(Cl)n1. The Hall–Kier alpha value is -0.840. The third kappa shape index (κ3) is 2.22. The number of aliphatic hydroxyl groups excluding tert-OH is 1. The van der Waals surface area contributed by atoms with E-state index in [2.05, 4.69) is 4.98 Å². The van der Waals surface area contributed by atoms with Crippen molar-refractivity contribution in [1.29, 1.82) is 0 Å². The fraction of sp³-hybridized carbons (Fsp3) is 0.333. The van der Waals surface area contributed by atoms with Crippen molar-refractivity contribution in [3.63, 3.8) is 0 Å². The molecule has 1 aliphatic heterocycles. The molecule has 0 aliphatic carbocycles. The van der Waals surface area contributed by atoms with Crippen molar-refractivity contribution in [2.75, 3.05) is 11.4 Å². The third-order valence-electron chi connectivity index (χ3n) is 2.13. The maximum atomic E-state index is 11.4. The third-order valence-corrected chi connectivity index (χ3v) is 2.54. The second kappa shape index (κ2) is 3.96. The van der Waals surface area contributed by atoms with E-state index in [0.717, 1.165) is 0 Å². The highest BCUT2D eigenvalue weighted by molar-refractivity contribution is 6.34. The van der Waals surface area contributed by atoms with Crippen molar-refractivity contribution in [2.45, 2.75) is 12.5 Å². The first-order valence-corrected chi connectivity index (χ1v) is 5.13. The summed E-state index contributed by atoms with van der Waals surface area (Å²) in [5.74, 6) is 0.211. The number of carbonyl (C=O) groups excluding carboxylic acids is 1. The molecule has 1 aromatic heterocycles. The summed E-state index contributed by atoms with van der Waals surface area (Å²) >= 11 is 11.5. The van der Waals surface area contributed by atoms with E-state index in [1.54, 1.807) is 6.07 Å². The van der Waals surface area contributed by atoms with Crippen molar-refractivity contribution in [1.82, 2.24) is 4.98 Å². The van der Waals surface area contributed by atoms with Gasteiger partial charge in [0.15, 0.2) is 0 Å². The van der Waals surface area contributed by atoms with Crippen LogP contribution >= 0.6 is 23.2 Å². The number of pyridine rings is 1. The van der Waals surface area contributed by atoms with Crippen LogP contribution in [-0.2, 0) is 4.79 Å². The number of amides is 1. The van der Waals surface area contributed by atoms with Crippen molar-refractivity contribution < 1.29 is 9.90 Å². The summed E-state index contributed by atoms with van der Waals surface area (Å²) in [5, 5.41) is 9.96. The van der Waals surface area contributed by atoms with Gasteiger partial charge in [-0.3, -0.25) is 9.69 Å². The van der Waals surface area contributed by atoms with Gasteiger partial charge in [0.05, 0.1) is 19.1 Å². The van der Waals surface area contributed by atoms with Crippen LogP contribution in [-0.4, -0.2) is 28.6 Å². The van der Waals surface area contributed by atoms with Crippen LogP contribution in [0.15, 0.2) is 12.1 Å². The highest BCUT2D eigenvalue weighted by atomic mass is 35.5. The molecule has 0 spiro atoms. The van der Waals surface area contributed by atoms with E-state index < -0.39 is 6.10 Å². The van der Waals surface area contributed by atoms with Gasteiger partial charge in [-0.05, 0) is 12.1 Å². The van der Waals surface area contributed by atoms with Crippen LogP contribution in [0.1, 0.15) is 6.42 Å². The van der Waals surface area contributed by atoms with Gasteiger partial charge >= 0.3 is 0 Å². The summed E-state index contributed by atoms with van der Waals surface area (Å²) in [6.45, 7) is 0.239. The van der Waals surface area contributed by atoms with Crippen molar-refractivity contribution in [2.24, 2.45) is 0 Å². The number of halogens is 2. The van der Waals surface area contributed by atoms with Gasteiger partial charge in [-0.1, -0.05) is 23.2 Å². The molecule has 4 nitrogen and oxygen atoms in total. The average Bonchev–Trinajstić information content (AvgIpc) is 2.43. The molecule has 6 heteroatoms.